The molecule has 0 aliphatic carbocycles. The van der Waals surface area contributed by atoms with Crippen molar-refractivity contribution in [1.29, 1.82) is 0 Å². The van der Waals surface area contributed by atoms with Crippen molar-refractivity contribution >= 4 is 17.3 Å². The van der Waals surface area contributed by atoms with Crippen LogP contribution >= 0.6 is 11.6 Å². The molecule has 0 spiro atoms. The molecule has 0 aliphatic rings. The lowest BCUT2D eigenvalue weighted by Crippen LogP contribution is -2.11. The second-order valence-electron chi connectivity index (χ2n) is 4.79. The molecule has 0 saturated heterocycles. The highest BCUT2D eigenvalue weighted by atomic mass is 35.5. The van der Waals surface area contributed by atoms with Gasteiger partial charge in [0.25, 0.3) is 0 Å². The van der Waals surface area contributed by atoms with Crippen LogP contribution in [0.15, 0.2) is 36.4 Å². The summed E-state index contributed by atoms with van der Waals surface area (Å²) in [5, 5.41) is 3.65. The zero-order valence-electron chi connectivity index (χ0n) is 11.5. The summed E-state index contributed by atoms with van der Waals surface area (Å²) in [4.78, 5) is 0. The molecule has 2 rings (SSSR count). The van der Waals surface area contributed by atoms with Crippen LogP contribution in [0.2, 0.25) is 5.02 Å². The van der Waals surface area contributed by atoms with Crippen molar-refractivity contribution in [2.75, 3.05) is 5.32 Å². The minimum Gasteiger partial charge on any atom is -0.378 e. The molecule has 2 aromatic rings. The van der Waals surface area contributed by atoms with Crippen LogP contribution in [0.4, 0.5) is 18.9 Å². The van der Waals surface area contributed by atoms with E-state index in [-0.39, 0.29) is 11.7 Å². The first kappa shape index (κ1) is 15.7. The Labute approximate surface area is 126 Å². The largest absolute Gasteiger partial charge is 0.378 e. The molecule has 0 fully saturated rings. The van der Waals surface area contributed by atoms with E-state index in [1.165, 1.54) is 0 Å². The van der Waals surface area contributed by atoms with Gasteiger partial charge >= 0.3 is 0 Å². The number of benzene rings is 2. The fourth-order valence-corrected chi connectivity index (χ4v) is 2.27. The highest BCUT2D eigenvalue weighted by Gasteiger charge is 2.14. The first-order valence-electron chi connectivity index (χ1n) is 6.67. The van der Waals surface area contributed by atoms with Crippen molar-refractivity contribution in [1.82, 2.24) is 0 Å². The Morgan fingerprint density at radius 1 is 1.05 bits per heavy atom. The molecule has 0 saturated carbocycles. The lowest BCUT2D eigenvalue weighted by Gasteiger charge is -2.20. The Morgan fingerprint density at radius 3 is 2.14 bits per heavy atom. The van der Waals surface area contributed by atoms with E-state index in [0.717, 1.165) is 30.5 Å². The topological polar surface area (TPSA) is 12.0 Å². The van der Waals surface area contributed by atoms with E-state index in [1.54, 1.807) is 12.1 Å². The van der Waals surface area contributed by atoms with E-state index < -0.39 is 17.5 Å². The van der Waals surface area contributed by atoms with Crippen molar-refractivity contribution in [3.8, 4) is 0 Å². The minimum atomic E-state index is -1.46. The summed E-state index contributed by atoms with van der Waals surface area (Å²) in [5.74, 6) is -3.87. The second kappa shape index (κ2) is 6.85. The SMILES string of the molecule is CCCC(Nc1cc(F)c(F)c(F)c1)c1ccc(Cl)cc1. The van der Waals surface area contributed by atoms with Crippen LogP contribution in [0, 0.1) is 17.5 Å². The molecule has 0 aromatic heterocycles. The van der Waals surface area contributed by atoms with Gasteiger partial charge in [0, 0.05) is 22.8 Å². The van der Waals surface area contributed by atoms with Gasteiger partial charge in [-0.25, -0.2) is 13.2 Å². The van der Waals surface area contributed by atoms with Gasteiger partial charge in [-0.2, -0.15) is 0 Å². The van der Waals surface area contributed by atoms with Crippen molar-refractivity contribution in [2.45, 2.75) is 25.8 Å². The van der Waals surface area contributed by atoms with Crippen LogP contribution in [-0.4, -0.2) is 0 Å². The van der Waals surface area contributed by atoms with Gasteiger partial charge in [0.2, 0.25) is 0 Å². The normalized spacial score (nSPS) is 12.2. The van der Waals surface area contributed by atoms with Gasteiger partial charge in [0.05, 0.1) is 6.04 Å². The Bertz CT molecular complexity index is 590. The smallest absolute Gasteiger partial charge is 0.194 e. The molecule has 0 radical (unpaired) electrons. The summed E-state index contributed by atoms with van der Waals surface area (Å²) in [6.45, 7) is 2.01. The summed E-state index contributed by atoms with van der Waals surface area (Å²) in [7, 11) is 0. The number of nitrogens with one attached hydrogen (secondary N) is 1. The number of anilines is 1. The van der Waals surface area contributed by atoms with Crippen LogP contribution in [0.25, 0.3) is 0 Å². The summed E-state index contributed by atoms with van der Waals surface area (Å²) >= 11 is 5.85. The fraction of sp³-hybridized carbons (Fsp3) is 0.250. The van der Waals surface area contributed by atoms with Gasteiger partial charge in [-0.1, -0.05) is 37.1 Å². The molecule has 1 N–H and O–H groups in total. The van der Waals surface area contributed by atoms with Crippen molar-refractivity contribution in [3.63, 3.8) is 0 Å². The summed E-state index contributed by atoms with van der Waals surface area (Å²) in [6, 6.07) is 9.00. The highest BCUT2D eigenvalue weighted by molar-refractivity contribution is 6.30. The summed E-state index contributed by atoms with van der Waals surface area (Å²) in [5.41, 5.74) is 1.16. The average Bonchev–Trinajstić information content (AvgIpc) is 2.45. The molecule has 2 aromatic carbocycles. The molecule has 112 valence electrons. The van der Waals surface area contributed by atoms with Gasteiger partial charge in [0.1, 0.15) is 0 Å². The maximum absolute atomic E-state index is 13.3. The summed E-state index contributed by atoms with van der Waals surface area (Å²) < 4.78 is 39.5. The third-order valence-corrected chi connectivity index (χ3v) is 3.43. The van der Waals surface area contributed by atoms with Crippen molar-refractivity contribution in [2.24, 2.45) is 0 Å². The lowest BCUT2D eigenvalue weighted by atomic mass is 10.0. The molecule has 0 heterocycles. The maximum atomic E-state index is 13.3. The van der Waals surface area contributed by atoms with Crippen LogP contribution in [-0.2, 0) is 0 Å². The van der Waals surface area contributed by atoms with Gasteiger partial charge in [-0.15, -0.1) is 0 Å². The van der Waals surface area contributed by atoms with E-state index in [2.05, 4.69) is 5.32 Å². The Hall–Kier alpha value is -1.68. The van der Waals surface area contributed by atoms with E-state index in [1.807, 2.05) is 19.1 Å². The third kappa shape index (κ3) is 3.91. The second-order valence-corrected chi connectivity index (χ2v) is 5.23. The molecule has 0 aliphatic heterocycles. The van der Waals surface area contributed by atoms with Gasteiger partial charge in [0.15, 0.2) is 17.5 Å². The molecule has 1 atom stereocenters. The van der Waals surface area contributed by atoms with Crippen LogP contribution in [0.3, 0.4) is 0 Å². The van der Waals surface area contributed by atoms with Gasteiger partial charge in [-0.05, 0) is 24.1 Å². The van der Waals surface area contributed by atoms with Crippen LogP contribution < -0.4 is 5.32 Å². The quantitative estimate of drug-likeness (QED) is 0.697. The number of hydrogen-bond donors (Lipinski definition) is 1. The van der Waals surface area contributed by atoms with Crippen LogP contribution in [0.1, 0.15) is 31.4 Å². The Balaban J connectivity index is 2.26. The number of rotatable bonds is 5. The molecular formula is C16H15ClF3N. The number of halogens is 4. The Morgan fingerprint density at radius 2 is 1.62 bits per heavy atom. The average molecular weight is 314 g/mol. The maximum Gasteiger partial charge on any atom is 0.194 e. The van der Waals surface area contributed by atoms with E-state index in [4.69, 9.17) is 11.6 Å². The van der Waals surface area contributed by atoms with Crippen molar-refractivity contribution < 1.29 is 13.2 Å². The standard InChI is InChI=1S/C16H15ClF3N/c1-2-3-15(10-4-6-11(17)7-5-10)21-12-8-13(18)16(20)14(19)9-12/h4-9,15,21H,2-3H2,1H3. The first-order valence-corrected chi connectivity index (χ1v) is 7.05. The first-order chi connectivity index (χ1) is 10.0. The predicted octanol–water partition coefficient (Wildman–Crippen LogP) is 5.71. The zero-order chi connectivity index (χ0) is 15.4. The van der Waals surface area contributed by atoms with E-state index in [0.29, 0.717) is 5.02 Å². The van der Waals surface area contributed by atoms with Crippen molar-refractivity contribution in [3.05, 3.63) is 64.4 Å². The molecular weight excluding hydrogens is 299 g/mol. The van der Waals surface area contributed by atoms with Crippen LogP contribution in [0.5, 0.6) is 0 Å². The molecule has 1 unspecified atom stereocenters. The molecule has 5 heteroatoms. The van der Waals surface area contributed by atoms with E-state index >= 15 is 0 Å². The van der Waals surface area contributed by atoms with Gasteiger partial charge < -0.3 is 5.32 Å². The summed E-state index contributed by atoms with van der Waals surface area (Å²) in [6.07, 6.45) is 1.65. The lowest BCUT2D eigenvalue weighted by molar-refractivity contribution is 0.447. The minimum absolute atomic E-state index is 0.128. The Kier molecular flexibility index (Phi) is 5.12. The number of hydrogen-bond acceptors (Lipinski definition) is 1. The highest BCUT2D eigenvalue weighted by Crippen LogP contribution is 2.27. The van der Waals surface area contributed by atoms with Gasteiger partial charge in [-0.3, -0.25) is 0 Å². The molecule has 21 heavy (non-hydrogen) atoms. The fourth-order valence-electron chi connectivity index (χ4n) is 2.15. The molecule has 0 bridgehead atoms. The predicted molar refractivity (Wildman–Crippen MR) is 79.0 cm³/mol. The van der Waals surface area contributed by atoms with E-state index in [9.17, 15) is 13.2 Å². The zero-order valence-corrected chi connectivity index (χ0v) is 12.2. The molecule has 1 nitrogen and oxygen atoms in total. The third-order valence-electron chi connectivity index (χ3n) is 3.17. The molecule has 0 amide bonds. The monoisotopic (exact) mass is 313 g/mol.